The van der Waals surface area contributed by atoms with Gasteiger partial charge in [-0.05, 0) is 38.8 Å². The molecule has 0 spiro atoms. The van der Waals surface area contributed by atoms with E-state index in [0.29, 0.717) is 31.4 Å². The van der Waals surface area contributed by atoms with Crippen molar-refractivity contribution in [3.8, 4) is 11.4 Å². The summed E-state index contributed by atoms with van der Waals surface area (Å²) in [5.74, 6) is 1.28. The van der Waals surface area contributed by atoms with E-state index in [1.165, 1.54) is 0 Å². The second kappa shape index (κ2) is 9.10. The normalized spacial score (nSPS) is 19.0. The molecule has 7 heteroatoms. The number of nitrogens with zero attached hydrogens (tertiary/aromatic N) is 3. The van der Waals surface area contributed by atoms with Gasteiger partial charge in [-0.1, -0.05) is 29.4 Å². The topological polar surface area (TPSA) is 80.5 Å². The summed E-state index contributed by atoms with van der Waals surface area (Å²) >= 11 is 0. The van der Waals surface area contributed by atoms with Crippen molar-refractivity contribution in [1.29, 1.82) is 0 Å². The lowest BCUT2D eigenvalue weighted by Crippen LogP contribution is -2.46. The van der Waals surface area contributed by atoms with Gasteiger partial charge in [-0.3, -0.25) is 9.69 Å². The van der Waals surface area contributed by atoms with Gasteiger partial charge in [0.1, 0.15) is 0 Å². The first kappa shape index (κ1) is 19.5. The predicted molar refractivity (Wildman–Crippen MR) is 102 cm³/mol. The monoisotopic (exact) mass is 372 g/mol. The number of carbonyl (C=O) groups is 1. The third-order valence-electron chi connectivity index (χ3n) is 4.89. The molecule has 1 aliphatic heterocycles. The van der Waals surface area contributed by atoms with Crippen molar-refractivity contribution in [1.82, 2.24) is 20.4 Å². The maximum atomic E-state index is 12.5. The van der Waals surface area contributed by atoms with E-state index in [-0.39, 0.29) is 17.9 Å². The van der Waals surface area contributed by atoms with Crippen molar-refractivity contribution in [3.05, 3.63) is 35.7 Å². The number of benzene rings is 1. The summed E-state index contributed by atoms with van der Waals surface area (Å²) < 4.78 is 10.5. The number of methoxy groups -OCH3 is 1. The van der Waals surface area contributed by atoms with Gasteiger partial charge in [0.2, 0.25) is 17.6 Å². The zero-order chi connectivity index (χ0) is 19.2. The zero-order valence-corrected chi connectivity index (χ0v) is 16.3. The van der Waals surface area contributed by atoms with E-state index in [1.54, 1.807) is 7.11 Å². The van der Waals surface area contributed by atoms with Gasteiger partial charge in [-0.15, -0.1) is 0 Å². The molecule has 2 atom stereocenters. The Morgan fingerprint density at radius 3 is 3.04 bits per heavy atom. The van der Waals surface area contributed by atoms with Crippen molar-refractivity contribution in [2.24, 2.45) is 5.92 Å². The van der Waals surface area contributed by atoms with Crippen LogP contribution in [0.3, 0.4) is 0 Å². The summed E-state index contributed by atoms with van der Waals surface area (Å²) in [5.41, 5.74) is 2.10. The molecule has 0 radical (unpaired) electrons. The average Bonchev–Trinajstić information content (AvgIpc) is 3.10. The van der Waals surface area contributed by atoms with Crippen LogP contribution in [0, 0.1) is 12.8 Å². The Balaban J connectivity index is 1.58. The van der Waals surface area contributed by atoms with Gasteiger partial charge in [0, 0.05) is 25.3 Å². The average molecular weight is 372 g/mol. The lowest BCUT2D eigenvalue weighted by Gasteiger charge is -2.31. The van der Waals surface area contributed by atoms with Gasteiger partial charge in [-0.25, -0.2) is 0 Å². The summed E-state index contributed by atoms with van der Waals surface area (Å²) in [6, 6.07) is 8.00. The van der Waals surface area contributed by atoms with Gasteiger partial charge in [0.05, 0.1) is 19.1 Å². The molecule has 1 amide bonds. The maximum absolute atomic E-state index is 12.5. The Hall–Kier alpha value is -2.25. The summed E-state index contributed by atoms with van der Waals surface area (Å²) in [7, 11) is 1.64. The minimum absolute atomic E-state index is 0.0168. The molecule has 1 aliphatic rings. The van der Waals surface area contributed by atoms with Gasteiger partial charge < -0.3 is 14.6 Å². The van der Waals surface area contributed by atoms with Gasteiger partial charge in [0.25, 0.3) is 0 Å². The van der Waals surface area contributed by atoms with E-state index in [1.807, 2.05) is 38.1 Å². The highest BCUT2D eigenvalue weighted by atomic mass is 16.5. The van der Waals surface area contributed by atoms with Crippen molar-refractivity contribution in [3.63, 3.8) is 0 Å². The van der Waals surface area contributed by atoms with E-state index in [9.17, 15) is 4.79 Å². The SMILES string of the molecule is COCC(C)NC(=O)C1CCCN(Cc2nc(-c3ccccc3C)no2)C1. The number of aryl methyl sites for hydroxylation is 1. The molecule has 1 aromatic heterocycles. The first-order valence-electron chi connectivity index (χ1n) is 9.47. The number of ether oxygens (including phenoxy) is 1. The van der Waals surface area contributed by atoms with Crippen molar-refractivity contribution < 1.29 is 14.1 Å². The molecule has 1 fully saturated rings. The molecule has 27 heavy (non-hydrogen) atoms. The fourth-order valence-electron chi connectivity index (χ4n) is 3.51. The molecule has 0 saturated carbocycles. The molecule has 0 aliphatic carbocycles. The molecule has 7 nitrogen and oxygen atoms in total. The Kier molecular flexibility index (Phi) is 6.58. The Bertz CT molecular complexity index is 761. The second-order valence-electron chi connectivity index (χ2n) is 7.27. The molecule has 146 valence electrons. The summed E-state index contributed by atoms with van der Waals surface area (Å²) in [4.78, 5) is 19.2. The van der Waals surface area contributed by atoms with E-state index < -0.39 is 0 Å². The number of aromatic nitrogens is 2. The fourth-order valence-corrected chi connectivity index (χ4v) is 3.51. The lowest BCUT2D eigenvalue weighted by molar-refractivity contribution is -0.127. The molecule has 0 bridgehead atoms. The number of carbonyl (C=O) groups excluding carboxylic acids is 1. The number of likely N-dealkylation sites (tertiary alicyclic amines) is 1. The standard InChI is InChI=1S/C20H28N4O3/c1-14-7-4-5-9-17(14)19-22-18(27-23-19)12-24-10-6-8-16(11-24)20(25)21-15(2)13-26-3/h4-5,7,9,15-16H,6,8,10-13H2,1-3H3,(H,21,25). The molecule has 3 rings (SSSR count). The van der Waals surface area contributed by atoms with Crippen LogP contribution < -0.4 is 5.32 Å². The number of amides is 1. The smallest absolute Gasteiger partial charge is 0.241 e. The highest BCUT2D eigenvalue weighted by Gasteiger charge is 2.27. The largest absolute Gasteiger partial charge is 0.383 e. The quantitative estimate of drug-likeness (QED) is 0.804. The van der Waals surface area contributed by atoms with Crippen LogP contribution in [0.5, 0.6) is 0 Å². The minimum Gasteiger partial charge on any atom is -0.383 e. The third kappa shape index (κ3) is 5.14. The van der Waals surface area contributed by atoms with Crippen molar-refractivity contribution in [2.75, 3.05) is 26.8 Å². The third-order valence-corrected chi connectivity index (χ3v) is 4.89. The number of hydrogen-bond acceptors (Lipinski definition) is 6. The highest BCUT2D eigenvalue weighted by molar-refractivity contribution is 5.79. The Morgan fingerprint density at radius 1 is 1.44 bits per heavy atom. The molecule has 1 aromatic carbocycles. The summed E-state index contributed by atoms with van der Waals surface area (Å²) in [5, 5.41) is 7.15. The maximum Gasteiger partial charge on any atom is 0.241 e. The number of nitrogens with one attached hydrogen (secondary N) is 1. The predicted octanol–water partition coefficient (Wildman–Crippen LogP) is 2.41. The van der Waals surface area contributed by atoms with Crippen molar-refractivity contribution >= 4 is 5.91 Å². The van der Waals surface area contributed by atoms with Crippen LogP contribution in [0.25, 0.3) is 11.4 Å². The number of rotatable bonds is 7. The molecule has 1 saturated heterocycles. The van der Waals surface area contributed by atoms with Crippen LogP contribution in [-0.4, -0.2) is 53.8 Å². The first-order valence-corrected chi connectivity index (χ1v) is 9.47. The van der Waals surface area contributed by atoms with E-state index in [4.69, 9.17) is 9.26 Å². The van der Waals surface area contributed by atoms with E-state index in [2.05, 4.69) is 20.4 Å². The molecular weight excluding hydrogens is 344 g/mol. The minimum atomic E-state index is -0.0168. The van der Waals surface area contributed by atoms with Crippen molar-refractivity contribution in [2.45, 2.75) is 39.3 Å². The zero-order valence-electron chi connectivity index (χ0n) is 16.3. The van der Waals surface area contributed by atoms with E-state index in [0.717, 1.165) is 30.5 Å². The second-order valence-corrected chi connectivity index (χ2v) is 7.27. The van der Waals surface area contributed by atoms with Crippen LogP contribution in [0.2, 0.25) is 0 Å². The Morgan fingerprint density at radius 2 is 2.26 bits per heavy atom. The lowest BCUT2D eigenvalue weighted by atomic mass is 9.97. The van der Waals surface area contributed by atoms with Gasteiger partial charge in [0.15, 0.2) is 0 Å². The highest BCUT2D eigenvalue weighted by Crippen LogP contribution is 2.22. The molecule has 2 unspecified atom stereocenters. The number of hydrogen-bond donors (Lipinski definition) is 1. The molecule has 1 N–H and O–H groups in total. The van der Waals surface area contributed by atoms with E-state index >= 15 is 0 Å². The van der Waals surface area contributed by atoms with Gasteiger partial charge in [-0.2, -0.15) is 4.98 Å². The molecule has 2 aromatic rings. The summed E-state index contributed by atoms with van der Waals surface area (Å²) in [6.07, 6.45) is 1.88. The Labute approximate surface area is 160 Å². The van der Waals surface area contributed by atoms with Crippen LogP contribution in [0.15, 0.2) is 28.8 Å². The fraction of sp³-hybridized carbons (Fsp3) is 0.550. The first-order chi connectivity index (χ1) is 13.1. The van der Waals surface area contributed by atoms with Crippen LogP contribution in [-0.2, 0) is 16.1 Å². The summed E-state index contributed by atoms with van der Waals surface area (Å²) in [6.45, 7) is 6.70. The number of piperidine rings is 1. The molecule has 2 heterocycles. The van der Waals surface area contributed by atoms with Crippen LogP contribution >= 0.6 is 0 Å². The molecular formula is C20H28N4O3. The van der Waals surface area contributed by atoms with Crippen LogP contribution in [0.4, 0.5) is 0 Å². The van der Waals surface area contributed by atoms with Crippen LogP contribution in [0.1, 0.15) is 31.2 Å². The van der Waals surface area contributed by atoms with Gasteiger partial charge >= 0.3 is 0 Å².